The van der Waals surface area contributed by atoms with Crippen molar-refractivity contribution in [2.75, 3.05) is 26.4 Å². The van der Waals surface area contributed by atoms with Gasteiger partial charge in [-0.1, -0.05) is 6.58 Å². The smallest absolute Gasteiger partial charge is 0.422 e. The summed E-state index contributed by atoms with van der Waals surface area (Å²) in [5.74, 6) is -1.93. The van der Waals surface area contributed by atoms with Gasteiger partial charge in [0.25, 0.3) is 0 Å². The van der Waals surface area contributed by atoms with Crippen molar-refractivity contribution in [2.24, 2.45) is 0 Å². The van der Waals surface area contributed by atoms with E-state index in [0.29, 0.717) is 30.8 Å². The van der Waals surface area contributed by atoms with Crippen LogP contribution in [0.1, 0.15) is 23.2 Å². The van der Waals surface area contributed by atoms with E-state index in [4.69, 9.17) is 14.2 Å². The molecule has 1 unspecified atom stereocenters. The number of hydrogen-bond donors (Lipinski definition) is 1. The van der Waals surface area contributed by atoms with Crippen LogP contribution in [-0.2, 0) is 14.3 Å². The number of carbonyl (C=O) groups excluding carboxylic acids is 2. The largest absolute Gasteiger partial charge is 0.494 e. The number of carbonyl (C=O) groups is 2. The predicted molar refractivity (Wildman–Crippen MR) is 116 cm³/mol. The molecule has 11 heteroatoms. The fraction of sp³-hybridized carbons (Fsp3) is 0.333. The molecule has 0 fully saturated rings. The first-order valence-corrected chi connectivity index (χ1v) is 10.5. The Bertz CT molecular complexity index is 973. The molecule has 0 heterocycles. The molecule has 1 N–H and O–H groups in total. The summed E-state index contributed by atoms with van der Waals surface area (Å²) < 4.78 is 70.0. The van der Waals surface area contributed by atoms with Crippen LogP contribution in [0.25, 0.3) is 0 Å². The third kappa shape index (κ3) is 10.1. The summed E-state index contributed by atoms with van der Waals surface area (Å²) in [5, 5.41) is 9.60. The minimum Gasteiger partial charge on any atom is -0.494 e. The molecule has 0 saturated carbocycles. The maximum atomic E-state index is 12.9. The second-order valence-electron chi connectivity index (χ2n) is 7.23. The van der Waals surface area contributed by atoms with E-state index in [1.54, 1.807) is 12.1 Å². The average Bonchev–Trinajstić information content (AvgIpc) is 2.82. The molecule has 0 aliphatic heterocycles. The predicted octanol–water partition coefficient (Wildman–Crippen LogP) is 4.24. The highest BCUT2D eigenvalue weighted by molar-refractivity contribution is 5.91. The lowest BCUT2D eigenvalue weighted by atomic mass is 10.2. The first kappa shape index (κ1) is 27.8. The van der Waals surface area contributed by atoms with Crippen molar-refractivity contribution in [3.8, 4) is 11.5 Å². The number of benzene rings is 2. The normalized spacial score (nSPS) is 12.0. The Labute approximate surface area is 198 Å². The summed E-state index contributed by atoms with van der Waals surface area (Å²) in [5.41, 5.74) is -1.35. The highest BCUT2D eigenvalue weighted by Crippen LogP contribution is 2.24. The van der Waals surface area contributed by atoms with Gasteiger partial charge in [-0.2, -0.15) is 13.2 Å². The monoisotopic (exact) mass is 500 g/mol. The Morgan fingerprint density at radius 1 is 0.914 bits per heavy atom. The van der Waals surface area contributed by atoms with Crippen molar-refractivity contribution in [3.63, 3.8) is 0 Å². The van der Waals surface area contributed by atoms with Crippen LogP contribution >= 0.6 is 0 Å². The molecule has 0 bridgehead atoms. The molecule has 0 aromatic heterocycles. The highest BCUT2D eigenvalue weighted by Gasteiger charge is 2.38. The Balaban J connectivity index is 1.57. The van der Waals surface area contributed by atoms with Gasteiger partial charge < -0.3 is 24.1 Å². The molecule has 0 saturated heterocycles. The average molecular weight is 500 g/mol. The van der Waals surface area contributed by atoms with Crippen molar-refractivity contribution in [1.82, 2.24) is 0 Å². The molecule has 2 aromatic carbocycles. The third-order valence-electron chi connectivity index (χ3n) is 4.37. The number of unbranched alkanes of at least 4 members (excludes halogenated alkanes) is 1. The first-order valence-electron chi connectivity index (χ1n) is 10.5. The minimum atomic E-state index is -4.89. The SMILES string of the molecule is C=C(C(=O)OCC(O)COCCCCOc1ccc(C(=O)Oc2ccc(F)cc2)cc1)C(F)(F)F. The summed E-state index contributed by atoms with van der Waals surface area (Å²) in [6.07, 6.45) is -4.99. The van der Waals surface area contributed by atoms with Crippen LogP contribution in [0.2, 0.25) is 0 Å². The Morgan fingerprint density at radius 3 is 2.14 bits per heavy atom. The molecule has 7 nitrogen and oxygen atoms in total. The Morgan fingerprint density at radius 2 is 1.51 bits per heavy atom. The number of aliphatic hydroxyl groups excluding tert-OH is 1. The van der Waals surface area contributed by atoms with E-state index in [0.717, 1.165) is 0 Å². The van der Waals surface area contributed by atoms with Gasteiger partial charge in [0.05, 0.1) is 18.8 Å². The zero-order valence-electron chi connectivity index (χ0n) is 18.6. The summed E-state index contributed by atoms with van der Waals surface area (Å²) in [6, 6.07) is 11.3. The van der Waals surface area contributed by atoms with E-state index in [-0.39, 0.29) is 19.0 Å². The fourth-order valence-electron chi connectivity index (χ4n) is 2.49. The van der Waals surface area contributed by atoms with Crippen LogP contribution in [0.5, 0.6) is 11.5 Å². The van der Waals surface area contributed by atoms with Crippen molar-refractivity contribution >= 4 is 11.9 Å². The molecule has 2 aromatic rings. The molecule has 0 spiro atoms. The van der Waals surface area contributed by atoms with Crippen molar-refractivity contribution < 1.29 is 51.2 Å². The number of hydrogen-bond acceptors (Lipinski definition) is 7. The topological polar surface area (TPSA) is 91.3 Å². The molecular weight excluding hydrogens is 476 g/mol. The molecule has 0 aliphatic rings. The molecule has 190 valence electrons. The van der Waals surface area contributed by atoms with E-state index in [9.17, 15) is 32.3 Å². The molecular formula is C24H24F4O7. The summed E-state index contributed by atoms with van der Waals surface area (Å²) >= 11 is 0. The van der Waals surface area contributed by atoms with Gasteiger partial charge in [0, 0.05) is 6.61 Å². The van der Waals surface area contributed by atoms with Crippen LogP contribution in [0.15, 0.2) is 60.7 Å². The molecule has 0 amide bonds. The lowest BCUT2D eigenvalue weighted by Crippen LogP contribution is -2.27. The van der Waals surface area contributed by atoms with Crippen LogP contribution in [0, 0.1) is 5.82 Å². The first-order chi connectivity index (χ1) is 16.6. The van der Waals surface area contributed by atoms with Crippen LogP contribution in [0.4, 0.5) is 17.6 Å². The maximum Gasteiger partial charge on any atom is 0.422 e. The molecule has 2 rings (SSSR count). The summed E-state index contributed by atoms with van der Waals surface area (Å²) in [4.78, 5) is 23.3. The number of esters is 2. The quantitative estimate of drug-likeness (QED) is 0.145. The number of ether oxygens (including phenoxy) is 4. The lowest BCUT2D eigenvalue weighted by molar-refractivity contribution is -0.154. The molecule has 0 radical (unpaired) electrons. The maximum absolute atomic E-state index is 12.9. The van der Waals surface area contributed by atoms with Gasteiger partial charge in [0.2, 0.25) is 0 Å². The molecule has 1 atom stereocenters. The standard InChI is InChI=1S/C24H24F4O7/c1-16(24(26,27)28)22(30)34-15-19(29)14-32-12-2-3-13-33-20-8-4-17(5-9-20)23(31)35-21-10-6-18(25)7-11-21/h4-11,19,29H,1-3,12-15H2. The Hall–Kier alpha value is -3.44. The Kier molecular flexibility index (Phi) is 10.7. The lowest BCUT2D eigenvalue weighted by Gasteiger charge is -2.14. The van der Waals surface area contributed by atoms with Crippen molar-refractivity contribution in [3.05, 3.63) is 72.1 Å². The van der Waals surface area contributed by atoms with Gasteiger partial charge in [-0.05, 0) is 61.4 Å². The summed E-state index contributed by atoms with van der Waals surface area (Å²) in [6.45, 7) is 2.33. The zero-order chi connectivity index (χ0) is 25.8. The minimum absolute atomic E-state index is 0.220. The third-order valence-corrected chi connectivity index (χ3v) is 4.37. The van der Waals surface area contributed by atoms with E-state index in [1.807, 2.05) is 0 Å². The summed E-state index contributed by atoms with van der Waals surface area (Å²) in [7, 11) is 0. The fourth-order valence-corrected chi connectivity index (χ4v) is 2.49. The van der Waals surface area contributed by atoms with Gasteiger partial charge in [-0.15, -0.1) is 0 Å². The van der Waals surface area contributed by atoms with E-state index in [1.165, 1.54) is 36.4 Å². The van der Waals surface area contributed by atoms with Crippen LogP contribution < -0.4 is 9.47 Å². The molecule has 0 aliphatic carbocycles. The van der Waals surface area contributed by atoms with Crippen LogP contribution in [-0.4, -0.2) is 55.8 Å². The van der Waals surface area contributed by atoms with E-state index < -0.39 is 42.2 Å². The van der Waals surface area contributed by atoms with Crippen molar-refractivity contribution in [2.45, 2.75) is 25.1 Å². The number of aliphatic hydroxyl groups is 1. The van der Waals surface area contributed by atoms with Gasteiger partial charge >= 0.3 is 18.1 Å². The second-order valence-corrected chi connectivity index (χ2v) is 7.23. The zero-order valence-corrected chi connectivity index (χ0v) is 18.6. The van der Waals surface area contributed by atoms with Crippen molar-refractivity contribution in [1.29, 1.82) is 0 Å². The van der Waals surface area contributed by atoms with Gasteiger partial charge in [-0.3, -0.25) is 0 Å². The number of alkyl halides is 3. The second kappa shape index (κ2) is 13.4. The number of halogens is 4. The van der Waals surface area contributed by atoms with E-state index in [2.05, 4.69) is 11.3 Å². The number of rotatable bonds is 13. The van der Waals surface area contributed by atoms with E-state index >= 15 is 0 Å². The van der Waals surface area contributed by atoms with Gasteiger partial charge in [0.15, 0.2) is 0 Å². The highest BCUT2D eigenvalue weighted by atomic mass is 19.4. The van der Waals surface area contributed by atoms with Gasteiger partial charge in [0.1, 0.15) is 35.6 Å². The van der Waals surface area contributed by atoms with Gasteiger partial charge in [-0.25, -0.2) is 14.0 Å². The van der Waals surface area contributed by atoms with Crippen LogP contribution in [0.3, 0.4) is 0 Å². The molecule has 35 heavy (non-hydrogen) atoms.